The van der Waals surface area contributed by atoms with Gasteiger partial charge in [-0.1, -0.05) is 24.3 Å². The van der Waals surface area contributed by atoms with Gasteiger partial charge in [0.05, 0.1) is 18.0 Å². The zero-order valence-corrected chi connectivity index (χ0v) is 19.1. The van der Waals surface area contributed by atoms with Crippen molar-refractivity contribution in [2.75, 3.05) is 18.8 Å². The molecule has 2 aliphatic rings. The van der Waals surface area contributed by atoms with Gasteiger partial charge in [0.25, 0.3) is 5.56 Å². The van der Waals surface area contributed by atoms with Gasteiger partial charge in [-0.2, -0.15) is 5.26 Å². The molecule has 2 aromatic heterocycles. The predicted octanol–water partition coefficient (Wildman–Crippen LogP) is 3.28. The highest BCUT2D eigenvalue weighted by Crippen LogP contribution is 2.41. The van der Waals surface area contributed by atoms with E-state index in [1.54, 1.807) is 15.5 Å². The van der Waals surface area contributed by atoms with Crippen LogP contribution in [0.4, 0.5) is 5.82 Å². The molecule has 1 saturated heterocycles. The molecular formula is C27H24N6O2. The molecule has 0 radical (unpaired) electrons. The molecule has 174 valence electrons. The minimum atomic E-state index is -0.283. The number of aliphatic hydroxyl groups excluding tert-OH is 1. The van der Waals surface area contributed by atoms with E-state index in [2.05, 4.69) is 34.4 Å². The summed E-state index contributed by atoms with van der Waals surface area (Å²) in [6, 6.07) is 15.4. The number of rotatable bonds is 5. The SMILES string of the molecule is N#CN1CC(c2cc3cc(C4CC4)ccc3c(=O)n2-c2cccc(-c3cc(N)ncn3)c2CO)C1. The Morgan fingerprint density at radius 3 is 2.63 bits per heavy atom. The molecule has 2 fully saturated rings. The average molecular weight is 465 g/mol. The number of hydrogen-bond acceptors (Lipinski definition) is 7. The van der Waals surface area contributed by atoms with E-state index in [4.69, 9.17) is 5.73 Å². The number of anilines is 1. The Morgan fingerprint density at radius 2 is 1.91 bits per heavy atom. The van der Waals surface area contributed by atoms with Crippen LogP contribution in [0, 0.1) is 11.5 Å². The number of nitrogens with two attached hydrogens (primary N) is 1. The van der Waals surface area contributed by atoms with E-state index in [1.165, 1.54) is 24.7 Å². The normalized spacial score (nSPS) is 15.7. The third-order valence-electron chi connectivity index (χ3n) is 7.08. The topological polar surface area (TPSA) is 121 Å². The van der Waals surface area contributed by atoms with Crippen LogP contribution >= 0.6 is 0 Å². The molecule has 6 rings (SSSR count). The summed E-state index contributed by atoms with van der Waals surface area (Å²) in [6.07, 6.45) is 5.95. The third kappa shape index (κ3) is 3.61. The summed E-state index contributed by atoms with van der Waals surface area (Å²) in [7, 11) is 0. The van der Waals surface area contributed by atoms with Crippen LogP contribution in [0.1, 0.15) is 41.5 Å². The summed E-state index contributed by atoms with van der Waals surface area (Å²) in [5.74, 6) is 0.938. The number of nitriles is 1. The number of likely N-dealkylation sites (tertiary alicyclic amines) is 1. The zero-order valence-electron chi connectivity index (χ0n) is 19.1. The number of aromatic nitrogens is 3. The fourth-order valence-electron chi connectivity index (χ4n) is 5.03. The molecule has 1 aliphatic heterocycles. The molecule has 3 N–H and O–H groups in total. The van der Waals surface area contributed by atoms with Crippen molar-refractivity contribution in [1.82, 2.24) is 19.4 Å². The van der Waals surface area contributed by atoms with E-state index in [1.807, 2.05) is 24.3 Å². The van der Waals surface area contributed by atoms with Crippen LogP contribution in [0.3, 0.4) is 0 Å². The second kappa shape index (κ2) is 8.22. The minimum absolute atomic E-state index is 0.0289. The second-order valence-electron chi connectivity index (χ2n) is 9.32. The van der Waals surface area contributed by atoms with Crippen molar-refractivity contribution in [2.45, 2.75) is 31.3 Å². The smallest absolute Gasteiger partial charge is 0.263 e. The molecule has 8 nitrogen and oxygen atoms in total. The standard InChI is InChI=1S/C27H24N6O2/c28-14-32-11-19(12-32)25-9-18-8-17(16-4-5-16)6-7-20(18)27(35)33(25)24-3-1-2-21(22(24)13-34)23-10-26(29)31-15-30-23/h1-3,6-10,15-16,19,34H,4-5,11-13H2,(H2,29,30,31). The van der Waals surface area contributed by atoms with E-state index in [0.29, 0.717) is 52.7 Å². The summed E-state index contributed by atoms with van der Waals surface area (Å²) >= 11 is 0. The number of aliphatic hydroxyl groups is 1. The first-order chi connectivity index (χ1) is 17.1. The molecule has 2 aromatic carbocycles. The van der Waals surface area contributed by atoms with Gasteiger partial charge in [0.15, 0.2) is 6.19 Å². The molecular weight excluding hydrogens is 440 g/mol. The lowest BCUT2D eigenvalue weighted by Gasteiger charge is -2.36. The van der Waals surface area contributed by atoms with E-state index < -0.39 is 0 Å². The van der Waals surface area contributed by atoms with Gasteiger partial charge in [-0.3, -0.25) is 9.36 Å². The van der Waals surface area contributed by atoms with Crippen molar-refractivity contribution < 1.29 is 5.11 Å². The predicted molar refractivity (Wildman–Crippen MR) is 133 cm³/mol. The van der Waals surface area contributed by atoms with Gasteiger partial charge in [0, 0.05) is 47.3 Å². The van der Waals surface area contributed by atoms with E-state index >= 15 is 0 Å². The first-order valence-corrected chi connectivity index (χ1v) is 11.7. The molecule has 0 spiro atoms. The average Bonchev–Trinajstić information content (AvgIpc) is 3.68. The summed E-state index contributed by atoms with van der Waals surface area (Å²) in [5.41, 5.74) is 10.3. The minimum Gasteiger partial charge on any atom is -0.392 e. The van der Waals surface area contributed by atoms with Gasteiger partial charge in [-0.25, -0.2) is 9.97 Å². The van der Waals surface area contributed by atoms with E-state index in [0.717, 1.165) is 11.1 Å². The molecule has 8 heteroatoms. The lowest BCUT2D eigenvalue weighted by atomic mass is 9.93. The number of fused-ring (bicyclic) bond motifs is 1. The van der Waals surface area contributed by atoms with Crippen molar-refractivity contribution in [3.63, 3.8) is 0 Å². The lowest BCUT2D eigenvalue weighted by Crippen LogP contribution is -2.43. The van der Waals surface area contributed by atoms with Crippen LogP contribution in [0.5, 0.6) is 0 Å². The molecule has 3 heterocycles. The van der Waals surface area contributed by atoms with Crippen LogP contribution in [-0.4, -0.2) is 37.6 Å². The maximum atomic E-state index is 14.0. The molecule has 0 amide bonds. The number of nitrogen functional groups attached to an aromatic ring is 1. The van der Waals surface area contributed by atoms with Crippen LogP contribution in [0.25, 0.3) is 27.7 Å². The van der Waals surface area contributed by atoms with Gasteiger partial charge in [-0.15, -0.1) is 0 Å². The summed E-state index contributed by atoms with van der Waals surface area (Å²) < 4.78 is 1.71. The second-order valence-corrected chi connectivity index (χ2v) is 9.32. The van der Waals surface area contributed by atoms with Crippen LogP contribution in [0.2, 0.25) is 0 Å². The molecule has 0 atom stereocenters. The van der Waals surface area contributed by atoms with Crippen molar-refractivity contribution in [2.24, 2.45) is 0 Å². The van der Waals surface area contributed by atoms with Gasteiger partial charge >= 0.3 is 0 Å². The Morgan fingerprint density at radius 1 is 1.09 bits per heavy atom. The first-order valence-electron chi connectivity index (χ1n) is 11.7. The lowest BCUT2D eigenvalue weighted by molar-refractivity contribution is 0.226. The highest BCUT2D eigenvalue weighted by atomic mass is 16.3. The van der Waals surface area contributed by atoms with Gasteiger partial charge in [-0.05, 0) is 47.9 Å². The molecule has 0 unspecified atom stereocenters. The van der Waals surface area contributed by atoms with Crippen LogP contribution in [-0.2, 0) is 6.61 Å². The monoisotopic (exact) mass is 464 g/mol. The Bertz CT molecular complexity index is 1560. The maximum Gasteiger partial charge on any atom is 0.263 e. The fourth-order valence-corrected chi connectivity index (χ4v) is 5.03. The van der Waals surface area contributed by atoms with Crippen molar-refractivity contribution in [1.29, 1.82) is 5.26 Å². The van der Waals surface area contributed by atoms with Crippen molar-refractivity contribution in [3.05, 3.63) is 82.0 Å². The van der Waals surface area contributed by atoms with E-state index in [9.17, 15) is 15.2 Å². The molecule has 0 bridgehead atoms. The number of pyridine rings is 1. The maximum absolute atomic E-state index is 14.0. The number of hydrogen-bond donors (Lipinski definition) is 2. The molecule has 4 aromatic rings. The third-order valence-corrected chi connectivity index (χ3v) is 7.08. The zero-order chi connectivity index (χ0) is 24.1. The van der Waals surface area contributed by atoms with Crippen LogP contribution in [0.15, 0.2) is 59.7 Å². The van der Waals surface area contributed by atoms with Crippen LogP contribution < -0.4 is 11.3 Å². The van der Waals surface area contributed by atoms with Gasteiger partial charge < -0.3 is 15.7 Å². The Hall–Kier alpha value is -4.22. The number of benzene rings is 2. The fraction of sp³-hybridized carbons (Fsp3) is 0.259. The Labute approximate surface area is 201 Å². The van der Waals surface area contributed by atoms with Crippen molar-refractivity contribution >= 4 is 16.6 Å². The largest absolute Gasteiger partial charge is 0.392 e. The summed E-state index contributed by atoms with van der Waals surface area (Å²) in [4.78, 5) is 23.9. The highest BCUT2D eigenvalue weighted by Gasteiger charge is 2.32. The Kier molecular flexibility index (Phi) is 5.01. The van der Waals surface area contributed by atoms with Gasteiger partial charge in [0.1, 0.15) is 12.1 Å². The summed E-state index contributed by atoms with van der Waals surface area (Å²) in [5, 5.41) is 21.3. The summed E-state index contributed by atoms with van der Waals surface area (Å²) in [6.45, 7) is 0.829. The molecule has 1 aliphatic carbocycles. The van der Waals surface area contributed by atoms with E-state index in [-0.39, 0.29) is 18.1 Å². The quantitative estimate of drug-likeness (QED) is 0.435. The molecule has 35 heavy (non-hydrogen) atoms. The van der Waals surface area contributed by atoms with Crippen molar-refractivity contribution in [3.8, 4) is 23.1 Å². The molecule has 1 saturated carbocycles. The van der Waals surface area contributed by atoms with Gasteiger partial charge in [0.2, 0.25) is 0 Å². The highest BCUT2D eigenvalue weighted by molar-refractivity contribution is 5.84. The number of nitrogens with zero attached hydrogens (tertiary/aromatic N) is 5. The first kappa shape index (κ1) is 21.3. The Balaban J connectivity index is 1.59.